The number of thiophene rings is 1. The number of carbonyl (C=O) groups excluding carboxylic acids is 1. The van der Waals surface area contributed by atoms with Crippen molar-refractivity contribution in [3.63, 3.8) is 0 Å². The van der Waals surface area contributed by atoms with E-state index in [0.29, 0.717) is 5.06 Å². The molecule has 1 heterocycles. The molecule has 0 aromatic carbocycles. The highest BCUT2D eigenvalue weighted by atomic mass is 35.5. The van der Waals surface area contributed by atoms with Gasteiger partial charge in [-0.25, -0.2) is 0 Å². The Morgan fingerprint density at radius 2 is 2.40 bits per heavy atom. The van der Waals surface area contributed by atoms with Crippen molar-refractivity contribution in [2.24, 2.45) is 0 Å². The fourth-order valence-electron chi connectivity index (χ4n) is 0.463. The fourth-order valence-corrected chi connectivity index (χ4v) is 1.08. The van der Waals surface area contributed by atoms with Crippen molar-refractivity contribution in [2.45, 2.75) is 6.92 Å². The molecular formula is C6H7ClO2S. The summed E-state index contributed by atoms with van der Waals surface area (Å²) in [5, 5.41) is 2.51. The third-order valence-corrected chi connectivity index (χ3v) is 1.48. The summed E-state index contributed by atoms with van der Waals surface area (Å²) in [6.45, 7) is 1.39. The van der Waals surface area contributed by atoms with Crippen LogP contribution in [0.5, 0.6) is 5.06 Å². The van der Waals surface area contributed by atoms with Crippen LogP contribution in [0.4, 0.5) is 0 Å². The third kappa shape index (κ3) is 2.85. The van der Waals surface area contributed by atoms with Gasteiger partial charge in [-0.05, 0) is 17.5 Å². The van der Waals surface area contributed by atoms with Crippen LogP contribution < -0.4 is 4.74 Å². The molecule has 0 aliphatic rings. The Balaban J connectivity index is 0.000000810. The molecule has 1 rings (SSSR count). The highest BCUT2D eigenvalue weighted by molar-refractivity contribution is 7.11. The molecule has 0 spiro atoms. The first-order chi connectivity index (χ1) is 4.29. The topological polar surface area (TPSA) is 26.3 Å². The van der Waals surface area contributed by atoms with Crippen LogP contribution in [-0.2, 0) is 4.79 Å². The maximum Gasteiger partial charge on any atom is 0.308 e. The summed E-state index contributed by atoms with van der Waals surface area (Å²) in [5.41, 5.74) is 0. The van der Waals surface area contributed by atoms with E-state index in [4.69, 9.17) is 4.74 Å². The second-order valence-corrected chi connectivity index (χ2v) is 2.44. The van der Waals surface area contributed by atoms with Crippen LogP contribution in [0.25, 0.3) is 0 Å². The number of rotatable bonds is 1. The molecule has 4 heteroatoms. The molecule has 1 aromatic heterocycles. The Bertz CT molecular complexity index is 196. The zero-order chi connectivity index (χ0) is 6.69. The lowest BCUT2D eigenvalue weighted by Crippen LogP contribution is -1.98. The van der Waals surface area contributed by atoms with E-state index in [0.717, 1.165) is 0 Å². The van der Waals surface area contributed by atoms with E-state index in [-0.39, 0.29) is 18.4 Å². The Kier molecular flexibility index (Phi) is 4.07. The predicted molar refractivity (Wildman–Crippen MR) is 42.9 cm³/mol. The van der Waals surface area contributed by atoms with Gasteiger partial charge in [0.1, 0.15) is 0 Å². The lowest BCUT2D eigenvalue weighted by atomic mass is 10.6. The zero-order valence-electron chi connectivity index (χ0n) is 5.37. The first kappa shape index (κ1) is 9.46. The zero-order valence-corrected chi connectivity index (χ0v) is 7.00. The lowest BCUT2D eigenvalue weighted by Gasteiger charge is -1.91. The van der Waals surface area contributed by atoms with E-state index in [1.165, 1.54) is 18.3 Å². The molecular weight excluding hydrogens is 172 g/mol. The smallest absolute Gasteiger partial charge is 0.308 e. The van der Waals surface area contributed by atoms with Crippen LogP contribution in [0, 0.1) is 0 Å². The molecule has 0 amide bonds. The van der Waals surface area contributed by atoms with Gasteiger partial charge in [-0.2, -0.15) is 0 Å². The van der Waals surface area contributed by atoms with Crippen molar-refractivity contribution in [3.05, 3.63) is 17.5 Å². The number of esters is 1. The van der Waals surface area contributed by atoms with E-state index in [2.05, 4.69) is 0 Å². The van der Waals surface area contributed by atoms with Gasteiger partial charge in [0.25, 0.3) is 0 Å². The first-order valence-corrected chi connectivity index (χ1v) is 3.39. The van der Waals surface area contributed by atoms with Crippen molar-refractivity contribution in [1.82, 2.24) is 0 Å². The quantitative estimate of drug-likeness (QED) is 0.616. The van der Waals surface area contributed by atoms with Gasteiger partial charge in [0.2, 0.25) is 0 Å². The molecule has 0 bridgehead atoms. The number of hydrogen-bond donors (Lipinski definition) is 0. The summed E-state index contributed by atoms with van der Waals surface area (Å²) in [5.74, 6) is -0.266. The van der Waals surface area contributed by atoms with Crippen molar-refractivity contribution in [3.8, 4) is 5.06 Å². The molecule has 56 valence electrons. The molecule has 0 atom stereocenters. The fraction of sp³-hybridized carbons (Fsp3) is 0.167. The summed E-state index contributed by atoms with van der Waals surface area (Å²) in [7, 11) is 0. The van der Waals surface area contributed by atoms with E-state index < -0.39 is 0 Å². The minimum absolute atomic E-state index is 0. The largest absolute Gasteiger partial charge is 0.416 e. The molecule has 1 aromatic rings. The monoisotopic (exact) mass is 178 g/mol. The third-order valence-electron chi connectivity index (χ3n) is 0.739. The van der Waals surface area contributed by atoms with Gasteiger partial charge >= 0.3 is 5.97 Å². The number of halogens is 1. The van der Waals surface area contributed by atoms with Crippen molar-refractivity contribution >= 4 is 29.7 Å². The van der Waals surface area contributed by atoms with E-state index in [9.17, 15) is 4.79 Å². The molecule has 0 saturated carbocycles. The van der Waals surface area contributed by atoms with Gasteiger partial charge in [0.15, 0.2) is 5.06 Å². The van der Waals surface area contributed by atoms with Gasteiger partial charge < -0.3 is 4.74 Å². The van der Waals surface area contributed by atoms with Crippen LogP contribution >= 0.6 is 23.7 Å². The van der Waals surface area contributed by atoms with Gasteiger partial charge in [-0.1, -0.05) is 0 Å². The van der Waals surface area contributed by atoms with Crippen molar-refractivity contribution < 1.29 is 9.53 Å². The van der Waals surface area contributed by atoms with Gasteiger partial charge in [0.05, 0.1) is 0 Å². The normalized spacial score (nSPS) is 8.10. The van der Waals surface area contributed by atoms with Gasteiger partial charge in [0, 0.05) is 6.92 Å². The predicted octanol–water partition coefficient (Wildman–Crippen LogP) is 2.10. The minimum atomic E-state index is -0.266. The maximum absolute atomic E-state index is 10.3. The maximum atomic E-state index is 10.3. The molecule has 0 aliphatic heterocycles. The molecule has 0 unspecified atom stereocenters. The Labute approximate surface area is 69.2 Å². The second-order valence-electron chi connectivity index (χ2n) is 1.53. The van der Waals surface area contributed by atoms with Crippen LogP contribution in [-0.4, -0.2) is 5.97 Å². The summed E-state index contributed by atoms with van der Waals surface area (Å²) in [4.78, 5) is 10.3. The molecule has 0 radical (unpaired) electrons. The van der Waals surface area contributed by atoms with E-state index >= 15 is 0 Å². The Morgan fingerprint density at radius 3 is 2.80 bits per heavy atom. The highest BCUT2D eigenvalue weighted by Gasteiger charge is 1.95. The Hall–Kier alpha value is -0.540. The minimum Gasteiger partial charge on any atom is -0.416 e. The second kappa shape index (κ2) is 4.30. The van der Waals surface area contributed by atoms with Crippen LogP contribution in [0.1, 0.15) is 6.92 Å². The highest BCUT2D eigenvalue weighted by Crippen LogP contribution is 2.17. The SMILES string of the molecule is CC(=O)Oc1cccs1.Cl. The molecule has 2 nitrogen and oxygen atoms in total. The molecule has 10 heavy (non-hydrogen) atoms. The average Bonchev–Trinajstić information content (AvgIpc) is 2.15. The number of hydrogen-bond acceptors (Lipinski definition) is 3. The number of ether oxygens (including phenoxy) is 1. The molecule has 0 fully saturated rings. The Morgan fingerprint density at radius 1 is 1.70 bits per heavy atom. The summed E-state index contributed by atoms with van der Waals surface area (Å²) in [6, 6.07) is 3.59. The summed E-state index contributed by atoms with van der Waals surface area (Å²) in [6.07, 6.45) is 0. The van der Waals surface area contributed by atoms with Crippen molar-refractivity contribution in [2.75, 3.05) is 0 Å². The molecule has 0 N–H and O–H groups in total. The van der Waals surface area contributed by atoms with Crippen LogP contribution in [0.2, 0.25) is 0 Å². The summed E-state index contributed by atoms with van der Waals surface area (Å²) >= 11 is 1.41. The van der Waals surface area contributed by atoms with E-state index in [1.807, 2.05) is 11.4 Å². The van der Waals surface area contributed by atoms with Crippen molar-refractivity contribution in [1.29, 1.82) is 0 Å². The molecule has 0 aliphatic carbocycles. The number of carbonyl (C=O) groups is 1. The lowest BCUT2D eigenvalue weighted by molar-refractivity contribution is -0.131. The van der Waals surface area contributed by atoms with Crippen LogP contribution in [0.3, 0.4) is 0 Å². The standard InChI is InChI=1S/C6H6O2S.ClH/c1-5(7)8-6-3-2-4-9-6;/h2-4H,1H3;1H. The first-order valence-electron chi connectivity index (χ1n) is 2.51. The van der Waals surface area contributed by atoms with E-state index in [1.54, 1.807) is 6.07 Å². The van der Waals surface area contributed by atoms with Gasteiger partial charge in [-0.3, -0.25) is 4.79 Å². The van der Waals surface area contributed by atoms with Gasteiger partial charge in [-0.15, -0.1) is 23.7 Å². The van der Waals surface area contributed by atoms with Crippen LogP contribution in [0.15, 0.2) is 17.5 Å². The molecule has 0 saturated heterocycles. The summed E-state index contributed by atoms with van der Waals surface area (Å²) < 4.78 is 4.73. The average molecular weight is 179 g/mol.